The Labute approximate surface area is 896 Å². The van der Waals surface area contributed by atoms with Crippen LogP contribution in [0.25, 0.3) is 90.9 Å². The number of hydrogen-bond acceptors (Lipinski definition) is 10. The van der Waals surface area contributed by atoms with Gasteiger partial charge in [-0.25, -0.2) is 9.97 Å². The highest BCUT2D eigenvalue weighted by Crippen LogP contribution is 2.46. The number of amides is 4. The molecule has 16 heteroatoms. The SMILES string of the molecule is CC(C)(CCCCCCCCCCCCCCCCCCO)C(=O)Nc1ccccc1-c1c2nc(c(-c3ccccc3NC(=O)C(C)(C)CCCCCCCCCCCCCCCCCCO)c3ccc([nH]3)c(-c3ccccc3NC(=O)C(C)(C)CCCCCCCCCCCCCCCCCCO)c3nc(c(-c4ccccc4NC(=O)C(C)(C)CCCCCCCCCCCCCCCCCCO)c4ccc1[nH]4)C=C3)C=C2. The maximum absolute atomic E-state index is 15.3. The summed E-state index contributed by atoms with van der Waals surface area (Å²) in [6.45, 7) is 17.9. The zero-order valence-electron chi connectivity index (χ0n) is 94.1. The molecule has 2 aliphatic rings. The van der Waals surface area contributed by atoms with E-state index in [-0.39, 0.29) is 23.6 Å². The van der Waals surface area contributed by atoms with Crippen LogP contribution in [0, 0.1) is 21.7 Å². The summed E-state index contributed by atoms with van der Waals surface area (Å²) < 4.78 is 0. The van der Waals surface area contributed by atoms with E-state index < -0.39 is 21.7 Å². The number of hydrogen-bond donors (Lipinski definition) is 10. The molecule has 10 N–H and O–H groups in total. The molecule has 148 heavy (non-hydrogen) atoms. The Kier molecular flexibility index (Phi) is 59.0. The highest BCUT2D eigenvalue weighted by Gasteiger charge is 2.34. The van der Waals surface area contributed by atoms with Crippen molar-refractivity contribution in [1.29, 1.82) is 0 Å². The van der Waals surface area contributed by atoms with Gasteiger partial charge < -0.3 is 51.7 Å². The summed E-state index contributed by atoms with van der Waals surface area (Å²) in [6.07, 6.45) is 88.9. The first kappa shape index (κ1) is 123. The van der Waals surface area contributed by atoms with Crippen molar-refractivity contribution in [2.75, 3.05) is 47.7 Å². The van der Waals surface area contributed by atoms with Gasteiger partial charge in [-0.05, 0) is 124 Å². The molecule has 0 atom stereocenters. The van der Waals surface area contributed by atoms with Crippen LogP contribution in [-0.4, -0.2) is 90.4 Å². The lowest BCUT2D eigenvalue weighted by Crippen LogP contribution is -2.31. The predicted octanol–water partition coefficient (Wildman–Crippen LogP) is 37.7. The highest BCUT2D eigenvalue weighted by molar-refractivity contribution is 6.09. The van der Waals surface area contributed by atoms with Gasteiger partial charge in [-0.3, -0.25) is 19.2 Å². The van der Waals surface area contributed by atoms with Crippen molar-refractivity contribution >= 4 is 92.7 Å². The molecule has 0 saturated carbocycles. The van der Waals surface area contributed by atoms with E-state index >= 15 is 19.2 Å². The van der Waals surface area contributed by atoms with Crippen LogP contribution in [0.4, 0.5) is 22.7 Å². The first-order chi connectivity index (χ1) is 72.1. The van der Waals surface area contributed by atoms with Gasteiger partial charge in [0.2, 0.25) is 23.6 Å². The van der Waals surface area contributed by atoms with Gasteiger partial charge in [0.05, 0.1) is 22.8 Å². The van der Waals surface area contributed by atoms with Gasteiger partial charge in [0.25, 0.3) is 0 Å². The van der Waals surface area contributed by atoms with E-state index in [0.29, 0.717) is 72.0 Å². The van der Waals surface area contributed by atoms with Crippen LogP contribution in [0.3, 0.4) is 0 Å². The summed E-state index contributed by atoms with van der Waals surface area (Å²) >= 11 is 0. The number of nitrogens with one attached hydrogen (secondary N) is 6. The summed E-state index contributed by atoms with van der Waals surface area (Å²) in [4.78, 5) is 80.7. The molecular formula is C132H202N8O8. The molecule has 0 spiro atoms. The fourth-order valence-electron chi connectivity index (χ4n) is 21.8. The van der Waals surface area contributed by atoms with E-state index in [9.17, 15) is 0 Å². The Hall–Kier alpha value is -8.80. The largest absolute Gasteiger partial charge is 0.396 e. The van der Waals surface area contributed by atoms with Crippen LogP contribution >= 0.6 is 0 Å². The van der Waals surface area contributed by atoms with Gasteiger partial charge in [0, 0.05) is 137 Å². The molecule has 16 nitrogen and oxygen atoms in total. The normalized spacial score (nSPS) is 12.3. The lowest BCUT2D eigenvalue weighted by molar-refractivity contribution is -0.125. The third-order valence-corrected chi connectivity index (χ3v) is 31.8. The quantitative estimate of drug-likeness (QED) is 0.0161. The first-order valence-electron chi connectivity index (χ1n) is 60.3. The average Bonchev–Trinajstić information content (AvgIpc) is 1.60. The monoisotopic (exact) mass is 2030 g/mol. The fraction of sp³-hybridized carbons (Fsp3) is 0.636. The number of benzene rings is 4. The van der Waals surface area contributed by atoms with E-state index in [2.05, 4.69) is 159 Å². The van der Waals surface area contributed by atoms with Gasteiger partial charge in [-0.15, -0.1) is 0 Å². The molecule has 0 aliphatic carbocycles. The third-order valence-electron chi connectivity index (χ3n) is 31.8. The van der Waals surface area contributed by atoms with Crippen molar-refractivity contribution < 1.29 is 39.6 Å². The molecule has 7 aromatic rings. The number of aromatic amines is 2. The van der Waals surface area contributed by atoms with E-state index in [0.717, 1.165) is 221 Å². The second kappa shape index (κ2) is 71.2. The van der Waals surface area contributed by atoms with Crippen molar-refractivity contribution in [3.8, 4) is 44.5 Å². The van der Waals surface area contributed by atoms with E-state index in [1.807, 2.05) is 72.8 Å². The smallest absolute Gasteiger partial charge is 0.230 e. The molecule has 3 aromatic heterocycles. The minimum atomic E-state index is -0.692. The summed E-state index contributed by atoms with van der Waals surface area (Å²) in [5.41, 5.74) is 11.4. The number of anilines is 4. The van der Waals surface area contributed by atoms with Crippen LogP contribution in [0.15, 0.2) is 121 Å². The van der Waals surface area contributed by atoms with Crippen molar-refractivity contribution in [1.82, 2.24) is 19.9 Å². The van der Waals surface area contributed by atoms with Crippen molar-refractivity contribution in [2.45, 2.75) is 492 Å². The zero-order chi connectivity index (χ0) is 105. The predicted molar refractivity (Wildman–Crippen MR) is 633 cm³/mol. The molecular weight excluding hydrogens is 1830 g/mol. The van der Waals surface area contributed by atoms with Crippen LogP contribution in [-0.2, 0) is 19.2 Å². The molecule has 0 radical (unpaired) electrons. The molecule has 2 aliphatic heterocycles. The number of unbranched alkanes of at least 4 members (excludes halogenated alkanes) is 60. The Morgan fingerprint density at radius 2 is 0.338 bits per heavy atom. The lowest BCUT2D eigenvalue weighted by Gasteiger charge is -2.25. The number of aliphatic hydroxyl groups excluding tert-OH is 4. The summed E-state index contributed by atoms with van der Waals surface area (Å²) in [5.74, 6) is -0.224. The van der Waals surface area contributed by atoms with Gasteiger partial charge in [-0.2, -0.15) is 0 Å². The van der Waals surface area contributed by atoms with E-state index in [4.69, 9.17) is 30.4 Å². The molecule has 4 amide bonds. The lowest BCUT2D eigenvalue weighted by atomic mass is 9.85. The second-order valence-corrected chi connectivity index (χ2v) is 46.6. The Bertz CT molecular complexity index is 4540. The first-order valence-corrected chi connectivity index (χ1v) is 60.3. The summed E-state index contributed by atoms with van der Waals surface area (Å²) in [6, 6.07) is 40.8. The minimum Gasteiger partial charge on any atom is -0.396 e. The number of nitrogens with zero attached hydrogens (tertiary/aromatic N) is 2. The molecule has 5 heterocycles. The Balaban J connectivity index is 1.06. The van der Waals surface area contributed by atoms with Crippen LogP contribution in [0.5, 0.6) is 0 Å². The third kappa shape index (κ3) is 44.5. The number of aliphatic hydroxyl groups is 4. The second-order valence-electron chi connectivity index (χ2n) is 46.6. The van der Waals surface area contributed by atoms with Crippen molar-refractivity contribution in [2.24, 2.45) is 21.7 Å². The zero-order valence-corrected chi connectivity index (χ0v) is 94.1. The molecule has 0 saturated heterocycles. The Morgan fingerprint density at radius 3 is 0.486 bits per heavy atom. The number of carbonyl (C=O) groups excluding carboxylic acids is 4. The van der Waals surface area contributed by atoms with Gasteiger partial charge in [0.15, 0.2) is 0 Å². The van der Waals surface area contributed by atoms with Gasteiger partial charge in [-0.1, -0.05) is 513 Å². The highest BCUT2D eigenvalue weighted by atomic mass is 16.3. The summed E-state index contributed by atoms with van der Waals surface area (Å²) in [7, 11) is 0. The van der Waals surface area contributed by atoms with Crippen molar-refractivity contribution in [3.63, 3.8) is 0 Å². The minimum absolute atomic E-state index is 0.0559. The van der Waals surface area contributed by atoms with Gasteiger partial charge in [0.1, 0.15) is 0 Å². The number of carbonyl (C=O) groups is 4. The van der Waals surface area contributed by atoms with Crippen LogP contribution in [0.1, 0.15) is 515 Å². The molecule has 8 bridgehead atoms. The summed E-state index contributed by atoms with van der Waals surface area (Å²) in [5, 5.41) is 50.5. The maximum Gasteiger partial charge on any atom is 0.230 e. The maximum atomic E-state index is 15.3. The fourth-order valence-corrected chi connectivity index (χ4v) is 21.8. The average molecular weight is 2030 g/mol. The number of rotatable bonds is 84. The van der Waals surface area contributed by atoms with Crippen molar-refractivity contribution in [3.05, 3.63) is 144 Å². The molecule has 9 rings (SSSR count). The van der Waals surface area contributed by atoms with E-state index in [1.165, 1.54) is 283 Å². The van der Waals surface area contributed by atoms with E-state index in [1.54, 1.807) is 0 Å². The number of aromatic nitrogens is 4. The topological polar surface area (TPSA) is 255 Å². The molecule has 818 valence electrons. The number of H-pyrrole nitrogens is 2. The Morgan fingerprint density at radius 1 is 0.203 bits per heavy atom. The van der Waals surface area contributed by atoms with Crippen LogP contribution in [0.2, 0.25) is 0 Å². The molecule has 0 unspecified atom stereocenters. The molecule has 0 fully saturated rings. The van der Waals surface area contributed by atoms with Crippen LogP contribution < -0.4 is 21.3 Å². The number of fused-ring (bicyclic) bond motifs is 8. The standard InChI is InChI=1S/C132H202N8O8/c1-129(2,97-73-57-49-41-33-25-17-9-13-21-29-37-45-53-61-77-101-141)125(145)137-109-85-69-65-81-105(109)121-113-89-91-115(133-113)122(106-82-66-70-86-110(106)138-126(146)130(3,4)98-74-58-50-42-34-26-18-10-14-22-30-38-46-54-62-78-102-142)117-93-95-119(135-117)124(108-84-68-72-88-112(108)140-128(148)132(7,8)100-76-60-52-44-36-28-20-12-16-24-32-40-48-56-64-80-104-144)120-96-94-118(136-120)123(116-92-90-114(121)134-116)107-83-67-71-87-111(107)139-127(147)131(5,6)99-75-59-51-43-35-27-19-11-15-23-31-39-47-55-63-79-103-143/h65-72,81-96,133,136,141-144H,9-64,73-80,97-104H2,1-8H3,(H,137,145)(H,138,146)(H,139,147)(H,140,148). The molecule has 4 aromatic carbocycles. The number of para-hydroxylation sites is 4. The van der Waals surface area contributed by atoms with Gasteiger partial charge >= 0.3 is 0 Å².